The fourth-order valence-corrected chi connectivity index (χ4v) is 2.35. The van der Waals surface area contributed by atoms with Crippen molar-refractivity contribution >= 4 is 5.97 Å². The van der Waals surface area contributed by atoms with Crippen molar-refractivity contribution in [1.82, 2.24) is 5.32 Å². The van der Waals surface area contributed by atoms with Gasteiger partial charge in [0.1, 0.15) is 12.4 Å². The number of methoxy groups -OCH3 is 1. The number of ether oxygens (including phenoxy) is 2. The van der Waals surface area contributed by atoms with E-state index in [1.165, 1.54) is 25.5 Å². The molecule has 0 bridgehead atoms. The zero-order valence-electron chi connectivity index (χ0n) is 13.2. The number of carbonyl (C=O) groups excluding carboxylic acids is 1. The van der Waals surface area contributed by atoms with Crippen molar-refractivity contribution < 1.29 is 14.3 Å². The molecule has 1 aliphatic rings. The predicted molar refractivity (Wildman–Crippen MR) is 88.4 cm³/mol. The zero-order chi connectivity index (χ0) is 16.1. The first-order valence-corrected chi connectivity index (χ1v) is 7.87. The lowest BCUT2D eigenvalue weighted by atomic mass is 10.1. The van der Waals surface area contributed by atoms with Crippen LogP contribution in [0.2, 0.25) is 0 Å². The summed E-state index contributed by atoms with van der Waals surface area (Å²) in [5.74, 6) is 0.576. The molecule has 0 aliphatic heterocycles. The van der Waals surface area contributed by atoms with Crippen LogP contribution in [0.15, 0.2) is 48.5 Å². The predicted octanol–water partition coefficient (Wildman–Crippen LogP) is 3.30. The molecule has 2 aromatic carbocycles. The first kappa shape index (κ1) is 15.6. The van der Waals surface area contributed by atoms with Crippen molar-refractivity contribution in [3.8, 4) is 5.75 Å². The van der Waals surface area contributed by atoms with Gasteiger partial charge in [-0.25, -0.2) is 4.79 Å². The van der Waals surface area contributed by atoms with Gasteiger partial charge in [-0.2, -0.15) is 0 Å². The monoisotopic (exact) mass is 311 g/mol. The molecule has 1 N–H and O–H groups in total. The highest BCUT2D eigenvalue weighted by Crippen LogP contribution is 2.23. The topological polar surface area (TPSA) is 47.6 Å². The van der Waals surface area contributed by atoms with Crippen LogP contribution in [0.1, 0.15) is 34.3 Å². The summed E-state index contributed by atoms with van der Waals surface area (Å²) in [6.07, 6.45) is 2.55. The lowest BCUT2D eigenvalue weighted by molar-refractivity contribution is 0.0600. The molecule has 4 nitrogen and oxygen atoms in total. The van der Waals surface area contributed by atoms with E-state index in [4.69, 9.17) is 9.47 Å². The van der Waals surface area contributed by atoms with Crippen molar-refractivity contribution in [3.63, 3.8) is 0 Å². The van der Waals surface area contributed by atoms with Gasteiger partial charge in [0.05, 0.1) is 12.7 Å². The lowest BCUT2D eigenvalue weighted by Crippen LogP contribution is -2.16. The van der Waals surface area contributed by atoms with Gasteiger partial charge in [-0.3, -0.25) is 0 Å². The minimum Gasteiger partial charge on any atom is -0.489 e. The highest BCUT2D eigenvalue weighted by molar-refractivity contribution is 5.89. The molecule has 0 atom stereocenters. The standard InChI is InChI=1S/C19H21NO3/c1-22-19(21)15-8-6-14(7-9-15)13-23-18-5-3-2-4-16(18)12-20-17-10-11-17/h2-9,17,20H,10-13H2,1H3. The lowest BCUT2D eigenvalue weighted by Gasteiger charge is -2.12. The summed E-state index contributed by atoms with van der Waals surface area (Å²) in [7, 11) is 1.38. The van der Waals surface area contributed by atoms with Gasteiger partial charge in [0.25, 0.3) is 0 Å². The molecule has 2 aromatic rings. The van der Waals surface area contributed by atoms with Gasteiger partial charge >= 0.3 is 5.97 Å². The normalized spacial score (nSPS) is 13.6. The second-order valence-electron chi connectivity index (χ2n) is 5.74. The van der Waals surface area contributed by atoms with Crippen LogP contribution >= 0.6 is 0 Å². The highest BCUT2D eigenvalue weighted by Gasteiger charge is 2.20. The maximum absolute atomic E-state index is 11.4. The van der Waals surface area contributed by atoms with Gasteiger partial charge in [0, 0.05) is 18.2 Å². The molecule has 0 saturated heterocycles. The third-order valence-electron chi connectivity index (χ3n) is 3.90. The molecule has 0 radical (unpaired) electrons. The molecule has 1 saturated carbocycles. The summed E-state index contributed by atoms with van der Waals surface area (Å²) in [6.45, 7) is 1.31. The molecule has 23 heavy (non-hydrogen) atoms. The molecular weight excluding hydrogens is 290 g/mol. The van der Waals surface area contributed by atoms with Crippen molar-refractivity contribution in [2.75, 3.05) is 7.11 Å². The van der Waals surface area contributed by atoms with Crippen LogP contribution in [0.4, 0.5) is 0 Å². The van der Waals surface area contributed by atoms with Crippen LogP contribution in [0, 0.1) is 0 Å². The Morgan fingerprint density at radius 2 is 1.87 bits per heavy atom. The number of para-hydroxylation sites is 1. The number of hydrogen-bond donors (Lipinski definition) is 1. The first-order chi connectivity index (χ1) is 11.3. The molecule has 0 heterocycles. The van der Waals surface area contributed by atoms with Gasteiger partial charge < -0.3 is 14.8 Å². The van der Waals surface area contributed by atoms with Crippen molar-refractivity contribution in [2.24, 2.45) is 0 Å². The third-order valence-corrected chi connectivity index (χ3v) is 3.90. The molecule has 0 amide bonds. The SMILES string of the molecule is COC(=O)c1ccc(COc2ccccc2CNC2CC2)cc1. The van der Waals surface area contributed by atoms with Gasteiger partial charge in [-0.1, -0.05) is 30.3 Å². The number of rotatable bonds is 7. The van der Waals surface area contributed by atoms with Crippen molar-refractivity contribution in [1.29, 1.82) is 0 Å². The van der Waals surface area contributed by atoms with E-state index in [9.17, 15) is 4.79 Å². The van der Waals surface area contributed by atoms with E-state index in [0.29, 0.717) is 18.2 Å². The van der Waals surface area contributed by atoms with Gasteiger partial charge in [0.2, 0.25) is 0 Å². The van der Waals surface area contributed by atoms with Crippen LogP contribution in [-0.2, 0) is 17.9 Å². The Bertz CT molecular complexity index is 663. The maximum atomic E-state index is 11.4. The van der Waals surface area contributed by atoms with E-state index in [2.05, 4.69) is 11.4 Å². The Hall–Kier alpha value is -2.33. The Balaban J connectivity index is 1.60. The van der Waals surface area contributed by atoms with Crippen LogP contribution in [-0.4, -0.2) is 19.1 Å². The molecule has 1 aliphatic carbocycles. The average molecular weight is 311 g/mol. The van der Waals surface area contributed by atoms with Crippen LogP contribution in [0.3, 0.4) is 0 Å². The van der Waals surface area contributed by atoms with E-state index in [0.717, 1.165) is 17.9 Å². The largest absolute Gasteiger partial charge is 0.489 e. The van der Waals surface area contributed by atoms with Gasteiger partial charge in [-0.05, 0) is 36.6 Å². The number of benzene rings is 2. The quantitative estimate of drug-likeness (QED) is 0.797. The van der Waals surface area contributed by atoms with E-state index in [-0.39, 0.29) is 5.97 Å². The number of hydrogen-bond acceptors (Lipinski definition) is 4. The van der Waals surface area contributed by atoms with E-state index >= 15 is 0 Å². The minimum atomic E-state index is -0.325. The molecule has 1 fully saturated rings. The highest BCUT2D eigenvalue weighted by atomic mass is 16.5. The summed E-state index contributed by atoms with van der Waals surface area (Å²) in [5.41, 5.74) is 2.73. The molecule has 3 rings (SSSR count). The summed E-state index contributed by atoms with van der Waals surface area (Å²) in [4.78, 5) is 11.4. The summed E-state index contributed by atoms with van der Waals surface area (Å²) in [6, 6.07) is 16.1. The summed E-state index contributed by atoms with van der Waals surface area (Å²) in [5, 5.41) is 3.51. The van der Waals surface area contributed by atoms with E-state index in [1.54, 1.807) is 12.1 Å². The van der Waals surface area contributed by atoms with Crippen molar-refractivity contribution in [2.45, 2.75) is 32.0 Å². The van der Waals surface area contributed by atoms with E-state index < -0.39 is 0 Å². The second kappa shape index (κ2) is 7.29. The zero-order valence-corrected chi connectivity index (χ0v) is 13.2. The molecular formula is C19H21NO3. The fraction of sp³-hybridized carbons (Fsp3) is 0.316. The number of nitrogens with one attached hydrogen (secondary N) is 1. The molecule has 120 valence electrons. The second-order valence-corrected chi connectivity index (χ2v) is 5.74. The smallest absolute Gasteiger partial charge is 0.337 e. The molecule has 0 spiro atoms. The third kappa shape index (κ3) is 4.33. The van der Waals surface area contributed by atoms with Gasteiger partial charge in [0.15, 0.2) is 0 Å². The minimum absolute atomic E-state index is 0.325. The Kier molecular flexibility index (Phi) is 4.93. The van der Waals surface area contributed by atoms with E-state index in [1.807, 2.05) is 30.3 Å². The average Bonchev–Trinajstić information content (AvgIpc) is 3.43. The van der Waals surface area contributed by atoms with Crippen LogP contribution < -0.4 is 10.1 Å². The summed E-state index contributed by atoms with van der Waals surface area (Å²) >= 11 is 0. The molecule has 0 aromatic heterocycles. The molecule has 4 heteroatoms. The number of esters is 1. The Morgan fingerprint density at radius 1 is 1.13 bits per heavy atom. The summed E-state index contributed by atoms with van der Waals surface area (Å²) < 4.78 is 10.6. The van der Waals surface area contributed by atoms with Crippen molar-refractivity contribution in [3.05, 3.63) is 65.2 Å². The number of carbonyl (C=O) groups is 1. The Morgan fingerprint density at radius 3 is 2.57 bits per heavy atom. The van der Waals surface area contributed by atoms with Crippen LogP contribution in [0.5, 0.6) is 5.75 Å². The maximum Gasteiger partial charge on any atom is 0.337 e. The first-order valence-electron chi connectivity index (χ1n) is 7.87. The fourth-order valence-electron chi connectivity index (χ4n) is 2.35. The Labute approximate surface area is 136 Å². The molecule has 0 unspecified atom stereocenters. The van der Waals surface area contributed by atoms with Gasteiger partial charge in [-0.15, -0.1) is 0 Å². The van der Waals surface area contributed by atoms with Crippen LogP contribution in [0.25, 0.3) is 0 Å².